The zero-order chi connectivity index (χ0) is 12.3. The Hall–Kier alpha value is -2.36. The molecule has 0 saturated carbocycles. The van der Waals surface area contributed by atoms with E-state index in [2.05, 4.69) is 10.3 Å². The molecule has 1 aromatic heterocycles. The van der Waals surface area contributed by atoms with Crippen molar-refractivity contribution in [2.24, 2.45) is 0 Å². The fourth-order valence-corrected chi connectivity index (χ4v) is 1.62. The topological polar surface area (TPSA) is 62.0 Å². The maximum atomic E-state index is 11.6. The highest BCUT2D eigenvalue weighted by molar-refractivity contribution is 5.89. The van der Waals surface area contributed by atoms with Gasteiger partial charge >= 0.3 is 0 Å². The van der Waals surface area contributed by atoms with Crippen LogP contribution in [0.5, 0.6) is 0 Å². The number of carbonyl (C=O) groups excluding carboxylic acids is 1. The molecule has 17 heavy (non-hydrogen) atoms. The molecule has 0 aliphatic heterocycles. The number of aromatic amines is 1. The summed E-state index contributed by atoms with van der Waals surface area (Å²) < 4.78 is 0. The molecule has 4 heteroatoms. The molecule has 0 unspecified atom stereocenters. The van der Waals surface area contributed by atoms with Gasteiger partial charge in [-0.05, 0) is 29.8 Å². The van der Waals surface area contributed by atoms with Gasteiger partial charge in [0, 0.05) is 24.4 Å². The third-order valence-electron chi connectivity index (χ3n) is 2.31. The summed E-state index contributed by atoms with van der Waals surface area (Å²) in [4.78, 5) is 25.2. The van der Waals surface area contributed by atoms with Crippen molar-refractivity contribution in [3.63, 3.8) is 0 Å². The number of H-pyrrole nitrogens is 1. The summed E-state index contributed by atoms with van der Waals surface area (Å²) in [6.07, 6.45) is 1.59. The van der Waals surface area contributed by atoms with Crippen LogP contribution < -0.4 is 10.9 Å². The molecule has 4 nitrogen and oxygen atoms in total. The second-order valence-corrected chi connectivity index (χ2v) is 3.67. The summed E-state index contributed by atoms with van der Waals surface area (Å²) in [5.41, 5.74) is 1.89. The highest BCUT2D eigenvalue weighted by atomic mass is 16.1. The largest absolute Gasteiger partial charge is 0.329 e. The number of carbonyl (C=O) groups is 1. The number of amides is 1. The van der Waals surface area contributed by atoms with Crippen molar-refractivity contribution in [1.82, 2.24) is 4.98 Å². The Morgan fingerprint density at radius 1 is 1.24 bits per heavy atom. The van der Waals surface area contributed by atoms with Crippen LogP contribution in [0.25, 0.3) is 11.1 Å². The van der Waals surface area contributed by atoms with E-state index in [0.717, 1.165) is 5.56 Å². The molecule has 1 amide bonds. The van der Waals surface area contributed by atoms with Crippen LogP contribution in [-0.4, -0.2) is 10.9 Å². The third kappa shape index (κ3) is 2.60. The van der Waals surface area contributed by atoms with Crippen LogP contribution in [0.2, 0.25) is 0 Å². The zero-order valence-corrected chi connectivity index (χ0v) is 9.36. The minimum Gasteiger partial charge on any atom is -0.329 e. The van der Waals surface area contributed by atoms with Crippen molar-refractivity contribution in [2.45, 2.75) is 6.92 Å². The van der Waals surface area contributed by atoms with Crippen LogP contribution >= 0.6 is 0 Å². The van der Waals surface area contributed by atoms with Gasteiger partial charge in [0.2, 0.25) is 5.91 Å². The lowest BCUT2D eigenvalue weighted by atomic mass is 10.1. The van der Waals surface area contributed by atoms with E-state index in [-0.39, 0.29) is 11.5 Å². The quantitative estimate of drug-likeness (QED) is 0.825. The summed E-state index contributed by atoms with van der Waals surface area (Å²) in [5.74, 6) is -0.135. The first-order valence-corrected chi connectivity index (χ1v) is 5.22. The summed E-state index contributed by atoms with van der Waals surface area (Å²) >= 11 is 0. The second kappa shape index (κ2) is 4.65. The minimum absolute atomic E-state index is 0.135. The van der Waals surface area contributed by atoms with E-state index in [9.17, 15) is 9.59 Å². The number of aromatic nitrogens is 1. The number of pyridine rings is 1. The highest BCUT2D eigenvalue weighted by Crippen LogP contribution is 2.19. The lowest BCUT2D eigenvalue weighted by molar-refractivity contribution is -0.114. The van der Waals surface area contributed by atoms with E-state index in [4.69, 9.17) is 0 Å². The molecule has 0 aliphatic carbocycles. The van der Waals surface area contributed by atoms with E-state index < -0.39 is 0 Å². The Kier molecular flexibility index (Phi) is 3.05. The molecule has 0 bridgehead atoms. The Labute approximate surface area is 98.3 Å². The van der Waals surface area contributed by atoms with Crippen molar-refractivity contribution in [3.8, 4) is 11.1 Å². The van der Waals surface area contributed by atoms with E-state index in [1.807, 2.05) is 6.07 Å². The molecule has 2 aromatic rings. The molecule has 0 fully saturated rings. The van der Waals surface area contributed by atoms with Gasteiger partial charge in [-0.2, -0.15) is 0 Å². The molecule has 2 rings (SSSR count). The van der Waals surface area contributed by atoms with E-state index >= 15 is 0 Å². The number of hydrogen-bond donors (Lipinski definition) is 2. The molecule has 1 aromatic carbocycles. The van der Waals surface area contributed by atoms with Crippen molar-refractivity contribution < 1.29 is 4.79 Å². The number of hydrogen-bond acceptors (Lipinski definition) is 2. The molecule has 0 saturated heterocycles. The lowest BCUT2D eigenvalue weighted by Crippen LogP contribution is -2.08. The summed E-state index contributed by atoms with van der Waals surface area (Å²) in [5, 5.41) is 2.68. The van der Waals surface area contributed by atoms with Crippen LogP contribution in [0, 0.1) is 0 Å². The van der Waals surface area contributed by atoms with Crippen molar-refractivity contribution in [1.29, 1.82) is 0 Å². The zero-order valence-electron chi connectivity index (χ0n) is 9.36. The molecular weight excluding hydrogens is 216 g/mol. The molecule has 0 aliphatic rings. The van der Waals surface area contributed by atoms with Gasteiger partial charge in [0.25, 0.3) is 5.56 Å². The van der Waals surface area contributed by atoms with Crippen molar-refractivity contribution in [2.75, 3.05) is 5.32 Å². The average molecular weight is 228 g/mol. The van der Waals surface area contributed by atoms with E-state index in [0.29, 0.717) is 11.3 Å². The Bertz CT molecular complexity index is 602. The fraction of sp³-hybridized carbons (Fsp3) is 0.0769. The molecule has 0 spiro atoms. The smallest absolute Gasteiger partial charge is 0.255 e. The molecule has 86 valence electrons. The molecule has 1 heterocycles. The normalized spacial score (nSPS) is 9.94. The van der Waals surface area contributed by atoms with Gasteiger partial charge in [-0.3, -0.25) is 9.59 Å². The van der Waals surface area contributed by atoms with Gasteiger partial charge in [0.1, 0.15) is 0 Å². The molecule has 2 N–H and O–H groups in total. The number of nitrogens with one attached hydrogen (secondary N) is 2. The SMILES string of the molecule is CC(=O)Nc1cccc(-c2ccc[nH]c2=O)c1. The summed E-state index contributed by atoms with van der Waals surface area (Å²) in [6.45, 7) is 1.45. The van der Waals surface area contributed by atoms with Gasteiger partial charge in [-0.1, -0.05) is 12.1 Å². The monoisotopic (exact) mass is 228 g/mol. The van der Waals surface area contributed by atoms with Crippen LogP contribution in [-0.2, 0) is 4.79 Å². The molecule has 0 atom stereocenters. The number of anilines is 1. The lowest BCUT2D eigenvalue weighted by Gasteiger charge is -2.05. The second-order valence-electron chi connectivity index (χ2n) is 3.67. The van der Waals surface area contributed by atoms with Gasteiger partial charge in [0.15, 0.2) is 0 Å². The Morgan fingerprint density at radius 2 is 2.06 bits per heavy atom. The Balaban J connectivity index is 2.43. The predicted octanol–water partition coefficient (Wildman–Crippen LogP) is 2.00. The fourth-order valence-electron chi connectivity index (χ4n) is 1.62. The molecule has 0 radical (unpaired) electrons. The standard InChI is InChI=1S/C13H12N2O2/c1-9(16)15-11-5-2-4-10(8-11)12-6-3-7-14-13(12)17/h2-8H,1H3,(H,14,17)(H,15,16). The van der Waals surface area contributed by atoms with Crippen LogP contribution in [0.15, 0.2) is 47.4 Å². The third-order valence-corrected chi connectivity index (χ3v) is 2.31. The first kappa shape index (κ1) is 11.1. The van der Waals surface area contributed by atoms with Crippen molar-refractivity contribution in [3.05, 3.63) is 52.9 Å². The maximum absolute atomic E-state index is 11.6. The van der Waals surface area contributed by atoms with Crippen LogP contribution in [0.4, 0.5) is 5.69 Å². The predicted molar refractivity (Wildman–Crippen MR) is 66.8 cm³/mol. The Morgan fingerprint density at radius 3 is 2.76 bits per heavy atom. The van der Waals surface area contributed by atoms with E-state index in [1.54, 1.807) is 36.5 Å². The first-order valence-electron chi connectivity index (χ1n) is 5.22. The van der Waals surface area contributed by atoms with Gasteiger partial charge in [-0.25, -0.2) is 0 Å². The minimum atomic E-state index is -0.146. The van der Waals surface area contributed by atoms with Crippen LogP contribution in [0.3, 0.4) is 0 Å². The van der Waals surface area contributed by atoms with Gasteiger partial charge in [0.05, 0.1) is 0 Å². The van der Waals surface area contributed by atoms with E-state index in [1.165, 1.54) is 6.92 Å². The maximum Gasteiger partial charge on any atom is 0.255 e. The van der Waals surface area contributed by atoms with Gasteiger partial charge < -0.3 is 10.3 Å². The first-order chi connectivity index (χ1) is 8.16. The van der Waals surface area contributed by atoms with Crippen LogP contribution in [0.1, 0.15) is 6.92 Å². The summed E-state index contributed by atoms with van der Waals surface area (Å²) in [6, 6.07) is 10.7. The van der Waals surface area contributed by atoms with Crippen molar-refractivity contribution >= 4 is 11.6 Å². The highest BCUT2D eigenvalue weighted by Gasteiger charge is 2.03. The summed E-state index contributed by atoms with van der Waals surface area (Å²) in [7, 11) is 0. The van der Waals surface area contributed by atoms with Gasteiger partial charge in [-0.15, -0.1) is 0 Å². The number of rotatable bonds is 2. The molecular formula is C13H12N2O2. The average Bonchev–Trinajstić information content (AvgIpc) is 2.29. The number of benzene rings is 1.